The quantitative estimate of drug-likeness (QED) is 0.755. The number of nitrogens with zero attached hydrogens (tertiary/aromatic N) is 1. The lowest BCUT2D eigenvalue weighted by molar-refractivity contribution is 0.0975. The molecule has 3 nitrogen and oxygen atoms in total. The number of carbonyl (C=O) groups is 1. The van der Waals surface area contributed by atoms with E-state index in [1.54, 1.807) is 11.3 Å². The van der Waals surface area contributed by atoms with Crippen LogP contribution in [0.25, 0.3) is 0 Å². The number of hydrogen-bond donors (Lipinski definition) is 1. The predicted molar refractivity (Wildman–Crippen MR) is 90.4 cm³/mol. The van der Waals surface area contributed by atoms with E-state index in [1.807, 2.05) is 70.9 Å². The van der Waals surface area contributed by atoms with Crippen LogP contribution in [-0.4, -0.2) is 5.91 Å². The van der Waals surface area contributed by atoms with Crippen molar-refractivity contribution < 1.29 is 4.79 Å². The molecule has 2 aromatic carbocycles. The molecule has 0 bridgehead atoms. The molecular weight excluding hydrogens is 292 g/mol. The molecule has 1 aromatic heterocycles. The molecule has 22 heavy (non-hydrogen) atoms. The first kappa shape index (κ1) is 13.1. The van der Waals surface area contributed by atoms with Crippen LogP contribution in [0.2, 0.25) is 0 Å². The van der Waals surface area contributed by atoms with Crippen molar-refractivity contribution in [1.29, 1.82) is 0 Å². The van der Waals surface area contributed by atoms with Crippen LogP contribution in [0, 0.1) is 0 Å². The van der Waals surface area contributed by atoms with Crippen molar-refractivity contribution in [3.8, 4) is 0 Å². The number of nitrogens with one attached hydrogen (secondary N) is 1. The zero-order chi connectivity index (χ0) is 14.9. The van der Waals surface area contributed by atoms with E-state index in [2.05, 4.69) is 11.4 Å². The summed E-state index contributed by atoms with van der Waals surface area (Å²) in [6, 6.07) is 21.5. The van der Waals surface area contributed by atoms with E-state index in [1.165, 1.54) is 0 Å². The molecule has 0 saturated heterocycles. The Balaban J connectivity index is 1.87. The maximum atomic E-state index is 13.0. The molecule has 0 unspecified atom stereocenters. The highest BCUT2D eigenvalue weighted by atomic mass is 32.1. The van der Waals surface area contributed by atoms with Crippen LogP contribution < -0.4 is 10.2 Å². The number of benzene rings is 2. The van der Waals surface area contributed by atoms with Gasteiger partial charge in [0.05, 0.1) is 5.56 Å². The second-order valence-electron chi connectivity index (χ2n) is 5.12. The van der Waals surface area contributed by atoms with Gasteiger partial charge in [0.1, 0.15) is 6.17 Å². The molecule has 4 rings (SSSR count). The summed E-state index contributed by atoms with van der Waals surface area (Å²) in [6.07, 6.45) is -0.176. The van der Waals surface area contributed by atoms with Crippen molar-refractivity contribution in [3.05, 3.63) is 82.6 Å². The average Bonchev–Trinajstić information content (AvgIpc) is 3.10. The fourth-order valence-electron chi connectivity index (χ4n) is 2.75. The molecule has 0 saturated carbocycles. The van der Waals surface area contributed by atoms with Crippen LogP contribution >= 0.6 is 11.3 Å². The van der Waals surface area contributed by atoms with E-state index in [0.29, 0.717) is 5.56 Å². The summed E-state index contributed by atoms with van der Waals surface area (Å²) in [5, 5.41) is 5.53. The van der Waals surface area contributed by atoms with E-state index in [0.717, 1.165) is 16.3 Å². The van der Waals surface area contributed by atoms with Gasteiger partial charge >= 0.3 is 0 Å². The number of carbonyl (C=O) groups excluding carboxylic acids is 1. The molecule has 1 N–H and O–H groups in total. The zero-order valence-electron chi connectivity index (χ0n) is 11.8. The van der Waals surface area contributed by atoms with Gasteiger partial charge in [-0.25, -0.2) is 0 Å². The number of para-hydroxylation sites is 2. The number of thiophene rings is 1. The van der Waals surface area contributed by atoms with Gasteiger partial charge in [-0.1, -0.05) is 36.4 Å². The molecule has 2 heterocycles. The lowest BCUT2D eigenvalue weighted by Gasteiger charge is -2.37. The standard InChI is InChI=1S/C18H14N2OS/c21-18-14-9-4-5-10-15(14)19-17(16-11-6-12-22-16)20(18)13-7-2-1-3-8-13/h1-12,17,19H/t17-/m1/s1. The summed E-state index contributed by atoms with van der Waals surface area (Å²) in [5.41, 5.74) is 2.49. The van der Waals surface area contributed by atoms with Crippen molar-refractivity contribution in [1.82, 2.24) is 0 Å². The van der Waals surface area contributed by atoms with Crippen molar-refractivity contribution in [2.75, 3.05) is 10.2 Å². The zero-order valence-corrected chi connectivity index (χ0v) is 12.6. The summed E-state index contributed by atoms with van der Waals surface area (Å²) in [4.78, 5) is 16.0. The third-order valence-electron chi connectivity index (χ3n) is 3.77. The van der Waals surface area contributed by atoms with E-state index in [-0.39, 0.29) is 12.1 Å². The first-order chi connectivity index (χ1) is 10.8. The van der Waals surface area contributed by atoms with Crippen molar-refractivity contribution in [3.63, 3.8) is 0 Å². The average molecular weight is 306 g/mol. The second kappa shape index (κ2) is 5.31. The maximum Gasteiger partial charge on any atom is 0.262 e. The molecule has 0 aliphatic carbocycles. The highest BCUT2D eigenvalue weighted by Crippen LogP contribution is 2.37. The molecule has 108 valence electrons. The normalized spacial score (nSPS) is 17.0. The van der Waals surface area contributed by atoms with Crippen LogP contribution in [0.1, 0.15) is 21.4 Å². The maximum absolute atomic E-state index is 13.0. The van der Waals surface area contributed by atoms with E-state index >= 15 is 0 Å². The molecule has 0 spiro atoms. The Bertz CT molecular complexity index is 799. The first-order valence-electron chi connectivity index (χ1n) is 7.12. The van der Waals surface area contributed by atoms with E-state index in [9.17, 15) is 4.79 Å². The SMILES string of the molecule is O=C1c2ccccc2N[C@@H](c2cccs2)N1c1ccccc1. The summed E-state index contributed by atoms with van der Waals surface area (Å²) in [7, 11) is 0. The molecule has 0 fully saturated rings. The summed E-state index contributed by atoms with van der Waals surface area (Å²) in [5.74, 6) is 0.0268. The largest absolute Gasteiger partial charge is 0.360 e. The highest BCUT2D eigenvalue weighted by Gasteiger charge is 2.34. The van der Waals surface area contributed by atoms with Gasteiger partial charge in [-0.15, -0.1) is 11.3 Å². The molecule has 0 radical (unpaired) electrons. The highest BCUT2D eigenvalue weighted by molar-refractivity contribution is 7.10. The van der Waals surface area contributed by atoms with Gasteiger partial charge < -0.3 is 5.32 Å². The number of fused-ring (bicyclic) bond motifs is 1. The van der Waals surface area contributed by atoms with Gasteiger partial charge in [-0.05, 0) is 35.7 Å². The van der Waals surface area contributed by atoms with Gasteiger partial charge in [0.15, 0.2) is 0 Å². The monoisotopic (exact) mass is 306 g/mol. The van der Waals surface area contributed by atoms with E-state index < -0.39 is 0 Å². The minimum absolute atomic E-state index is 0.0268. The predicted octanol–water partition coefficient (Wildman–Crippen LogP) is 4.52. The fraction of sp³-hybridized carbons (Fsp3) is 0.0556. The first-order valence-corrected chi connectivity index (χ1v) is 8.00. The Hall–Kier alpha value is -2.59. The third-order valence-corrected chi connectivity index (χ3v) is 4.70. The van der Waals surface area contributed by atoms with Gasteiger partial charge in [0, 0.05) is 16.3 Å². The molecule has 4 heteroatoms. The van der Waals surface area contributed by atoms with Gasteiger partial charge in [0.2, 0.25) is 0 Å². The van der Waals surface area contributed by atoms with Crippen LogP contribution in [0.15, 0.2) is 72.1 Å². The second-order valence-corrected chi connectivity index (χ2v) is 6.10. The number of amides is 1. The Morgan fingerprint density at radius 2 is 1.68 bits per heavy atom. The topological polar surface area (TPSA) is 32.3 Å². The molecule has 1 aliphatic rings. The smallest absolute Gasteiger partial charge is 0.262 e. The van der Waals surface area contributed by atoms with Crippen LogP contribution in [0.5, 0.6) is 0 Å². The Labute approximate surface area is 132 Å². The van der Waals surface area contributed by atoms with Gasteiger partial charge in [-0.2, -0.15) is 0 Å². The Morgan fingerprint density at radius 1 is 0.909 bits per heavy atom. The minimum Gasteiger partial charge on any atom is -0.360 e. The number of anilines is 2. The Morgan fingerprint density at radius 3 is 2.45 bits per heavy atom. The lowest BCUT2D eigenvalue weighted by atomic mass is 10.1. The van der Waals surface area contributed by atoms with Crippen molar-refractivity contribution in [2.45, 2.75) is 6.17 Å². The summed E-state index contributed by atoms with van der Waals surface area (Å²) in [6.45, 7) is 0. The van der Waals surface area contributed by atoms with Crippen LogP contribution in [0.4, 0.5) is 11.4 Å². The van der Waals surface area contributed by atoms with Crippen LogP contribution in [0.3, 0.4) is 0 Å². The number of hydrogen-bond acceptors (Lipinski definition) is 3. The lowest BCUT2D eigenvalue weighted by Crippen LogP contribution is -2.42. The summed E-state index contributed by atoms with van der Waals surface area (Å²) < 4.78 is 0. The Kier molecular flexibility index (Phi) is 3.16. The molecular formula is C18H14N2OS. The fourth-order valence-corrected chi connectivity index (χ4v) is 3.52. The minimum atomic E-state index is -0.176. The van der Waals surface area contributed by atoms with Crippen molar-refractivity contribution >= 4 is 28.6 Å². The summed E-state index contributed by atoms with van der Waals surface area (Å²) >= 11 is 1.65. The van der Waals surface area contributed by atoms with Gasteiger partial charge in [0.25, 0.3) is 5.91 Å². The van der Waals surface area contributed by atoms with Crippen molar-refractivity contribution in [2.24, 2.45) is 0 Å². The molecule has 3 aromatic rings. The molecule has 1 atom stereocenters. The van der Waals surface area contributed by atoms with Crippen LogP contribution in [-0.2, 0) is 0 Å². The van der Waals surface area contributed by atoms with E-state index in [4.69, 9.17) is 0 Å². The van der Waals surface area contributed by atoms with Gasteiger partial charge in [-0.3, -0.25) is 9.69 Å². The number of rotatable bonds is 2. The third kappa shape index (κ3) is 2.09. The molecule has 1 aliphatic heterocycles. The molecule has 1 amide bonds.